The Morgan fingerprint density at radius 1 is 0.379 bits per heavy atom. The molecule has 280 valence electrons. The van der Waals surface area contributed by atoms with Crippen molar-refractivity contribution in [3.63, 3.8) is 0 Å². The summed E-state index contributed by atoms with van der Waals surface area (Å²) in [6.45, 7) is 11.7. The number of para-hydroxylation sites is 1. The molecule has 1 aliphatic carbocycles. The van der Waals surface area contributed by atoms with E-state index in [4.69, 9.17) is 0 Å². The minimum Gasteiger partial charge on any atom is -0.310 e. The number of hydrogen-bond acceptors (Lipinski definition) is 1. The highest BCUT2D eigenvalue weighted by molar-refractivity contribution is 5.99. The third-order valence-corrected chi connectivity index (χ3v) is 12.4. The van der Waals surface area contributed by atoms with Crippen molar-refractivity contribution in [1.82, 2.24) is 0 Å². The molecule has 1 nitrogen and oxygen atoms in total. The van der Waals surface area contributed by atoms with Crippen LogP contribution in [0.5, 0.6) is 0 Å². The fourth-order valence-electron chi connectivity index (χ4n) is 9.17. The second-order valence-electron chi connectivity index (χ2n) is 17.4. The van der Waals surface area contributed by atoms with E-state index in [1.807, 2.05) is 0 Å². The molecule has 0 atom stereocenters. The third kappa shape index (κ3) is 6.10. The number of rotatable bonds is 6. The lowest BCUT2D eigenvalue weighted by Gasteiger charge is -2.29. The number of anilines is 3. The second-order valence-corrected chi connectivity index (χ2v) is 17.4. The van der Waals surface area contributed by atoms with Crippen LogP contribution in [0.3, 0.4) is 0 Å². The molecule has 0 amide bonds. The fourth-order valence-corrected chi connectivity index (χ4v) is 9.17. The Morgan fingerprint density at radius 2 is 0.948 bits per heavy atom. The highest BCUT2D eigenvalue weighted by Gasteiger charge is 2.38. The van der Waals surface area contributed by atoms with E-state index in [0.717, 1.165) is 17.1 Å². The molecule has 0 spiro atoms. The van der Waals surface area contributed by atoms with Crippen molar-refractivity contribution in [1.29, 1.82) is 0 Å². The Labute approximate surface area is 342 Å². The van der Waals surface area contributed by atoms with Crippen LogP contribution in [0.2, 0.25) is 0 Å². The van der Waals surface area contributed by atoms with Gasteiger partial charge in [-0.05, 0) is 125 Å². The predicted octanol–water partition coefficient (Wildman–Crippen LogP) is 16.1. The minimum atomic E-state index is -0.122. The summed E-state index contributed by atoms with van der Waals surface area (Å²) in [6, 6.07) is 71.9. The van der Waals surface area contributed by atoms with Crippen molar-refractivity contribution in [3.8, 4) is 44.5 Å². The number of fused-ring (bicyclic) bond motifs is 5. The summed E-state index contributed by atoms with van der Waals surface area (Å²) < 4.78 is 0. The van der Waals surface area contributed by atoms with Gasteiger partial charge in [0.15, 0.2) is 0 Å². The minimum absolute atomic E-state index is 0.0705. The van der Waals surface area contributed by atoms with E-state index >= 15 is 0 Å². The molecular weight excluding hydrogens is 699 g/mol. The van der Waals surface area contributed by atoms with Crippen LogP contribution in [0.4, 0.5) is 17.1 Å². The van der Waals surface area contributed by atoms with Crippen molar-refractivity contribution < 1.29 is 0 Å². The smallest absolute Gasteiger partial charge is 0.0540 e. The van der Waals surface area contributed by atoms with Crippen molar-refractivity contribution in [3.05, 3.63) is 211 Å². The van der Waals surface area contributed by atoms with Crippen molar-refractivity contribution in [2.75, 3.05) is 4.90 Å². The van der Waals surface area contributed by atoms with Gasteiger partial charge >= 0.3 is 0 Å². The number of hydrogen-bond donors (Lipinski definition) is 0. The van der Waals surface area contributed by atoms with Crippen LogP contribution in [0.1, 0.15) is 51.3 Å². The van der Waals surface area contributed by atoms with E-state index in [1.165, 1.54) is 82.7 Å². The standard InChI is InChI=1S/C57H47N/c1-56(2,3)46-30-33-51-53(37-46)57(4,5)52-22-13-21-50(55(51)52)49-20-10-11-23-54(49)58(47-31-28-40(29-32-47)44-26-24-38-14-6-8-16-41(38)34-44)48-19-12-18-43(36-48)45-27-25-39-15-7-9-17-42(39)35-45/h6-37H,1-5H3. The summed E-state index contributed by atoms with van der Waals surface area (Å²) in [6.07, 6.45) is 0. The molecule has 0 unspecified atom stereocenters. The third-order valence-electron chi connectivity index (χ3n) is 12.4. The molecule has 1 heteroatoms. The second kappa shape index (κ2) is 13.7. The lowest BCUT2D eigenvalue weighted by molar-refractivity contribution is 0.584. The zero-order valence-electron chi connectivity index (χ0n) is 33.9. The molecule has 0 heterocycles. The summed E-state index contributed by atoms with van der Waals surface area (Å²) in [5.74, 6) is 0. The van der Waals surface area contributed by atoms with E-state index in [1.54, 1.807) is 0 Å². The molecule has 0 N–H and O–H groups in total. The first kappa shape index (κ1) is 35.7. The molecule has 9 aromatic carbocycles. The van der Waals surface area contributed by atoms with Gasteiger partial charge in [0.2, 0.25) is 0 Å². The summed E-state index contributed by atoms with van der Waals surface area (Å²) in [4.78, 5) is 2.45. The van der Waals surface area contributed by atoms with Gasteiger partial charge in [0.25, 0.3) is 0 Å². The van der Waals surface area contributed by atoms with Gasteiger partial charge in [0.05, 0.1) is 5.69 Å². The first-order chi connectivity index (χ1) is 28.1. The van der Waals surface area contributed by atoms with Crippen LogP contribution < -0.4 is 4.90 Å². The lowest BCUT2D eigenvalue weighted by Crippen LogP contribution is -2.17. The van der Waals surface area contributed by atoms with Crippen molar-refractivity contribution in [2.24, 2.45) is 0 Å². The van der Waals surface area contributed by atoms with Gasteiger partial charge in [-0.3, -0.25) is 0 Å². The quantitative estimate of drug-likeness (QED) is 0.164. The van der Waals surface area contributed by atoms with Crippen LogP contribution in [0.15, 0.2) is 194 Å². The monoisotopic (exact) mass is 745 g/mol. The van der Waals surface area contributed by atoms with E-state index < -0.39 is 0 Å². The largest absolute Gasteiger partial charge is 0.310 e. The van der Waals surface area contributed by atoms with Crippen molar-refractivity contribution in [2.45, 2.75) is 45.4 Å². The molecule has 0 saturated heterocycles. The van der Waals surface area contributed by atoms with Gasteiger partial charge in [-0.2, -0.15) is 0 Å². The summed E-state index contributed by atoms with van der Waals surface area (Å²) in [5.41, 5.74) is 17.4. The maximum absolute atomic E-state index is 2.46. The van der Waals surface area contributed by atoms with Crippen LogP contribution in [0.25, 0.3) is 66.1 Å². The lowest BCUT2D eigenvalue weighted by atomic mass is 9.79. The Hall–Kier alpha value is -6.70. The normalized spacial score (nSPS) is 13.1. The van der Waals surface area contributed by atoms with Gasteiger partial charge in [-0.25, -0.2) is 0 Å². The molecule has 0 bridgehead atoms. The highest BCUT2D eigenvalue weighted by Crippen LogP contribution is 2.54. The first-order valence-corrected chi connectivity index (χ1v) is 20.5. The molecule has 0 aliphatic heterocycles. The van der Waals surface area contributed by atoms with Crippen LogP contribution in [-0.4, -0.2) is 0 Å². The molecule has 0 radical (unpaired) electrons. The maximum atomic E-state index is 2.46. The van der Waals surface area contributed by atoms with Crippen LogP contribution >= 0.6 is 0 Å². The van der Waals surface area contributed by atoms with E-state index in [0.29, 0.717) is 0 Å². The highest BCUT2D eigenvalue weighted by atomic mass is 15.1. The summed E-state index contributed by atoms with van der Waals surface area (Å²) in [5, 5.41) is 5.00. The number of nitrogens with zero attached hydrogens (tertiary/aromatic N) is 1. The Bertz CT molecular complexity index is 3010. The predicted molar refractivity (Wildman–Crippen MR) is 249 cm³/mol. The van der Waals surface area contributed by atoms with Crippen molar-refractivity contribution >= 4 is 38.6 Å². The summed E-state index contributed by atoms with van der Waals surface area (Å²) >= 11 is 0. The Morgan fingerprint density at radius 3 is 1.64 bits per heavy atom. The average molecular weight is 746 g/mol. The van der Waals surface area contributed by atoms with E-state index in [2.05, 4.69) is 234 Å². The molecule has 0 fully saturated rings. The Balaban J connectivity index is 1.15. The van der Waals surface area contributed by atoms with Gasteiger partial charge in [0, 0.05) is 22.4 Å². The average Bonchev–Trinajstić information content (AvgIpc) is 3.49. The molecule has 58 heavy (non-hydrogen) atoms. The molecule has 9 aromatic rings. The molecule has 1 aliphatic rings. The fraction of sp³-hybridized carbons (Fsp3) is 0.123. The van der Waals surface area contributed by atoms with Crippen LogP contribution in [0, 0.1) is 0 Å². The van der Waals surface area contributed by atoms with E-state index in [9.17, 15) is 0 Å². The topological polar surface area (TPSA) is 3.24 Å². The molecule has 0 aromatic heterocycles. The van der Waals surface area contributed by atoms with Gasteiger partial charge < -0.3 is 4.90 Å². The molecule has 10 rings (SSSR count). The first-order valence-electron chi connectivity index (χ1n) is 20.5. The zero-order valence-corrected chi connectivity index (χ0v) is 33.9. The van der Waals surface area contributed by atoms with Crippen LogP contribution in [-0.2, 0) is 10.8 Å². The molecule has 0 saturated carbocycles. The molecular formula is C57H47N. The Kier molecular flexibility index (Phi) is 8.46. The zero-order chi connectivity index (χ0) is 39.6. The maximum Gasteiger partial charge on any atom is 0.0540 e. The van der Waals surface area contributed by atoms with Gasteiger partial charge in [-0.15, -0.1) is 0 Å². The van der Waals surface area contributed by atoms with Gasteiger partial charge in [0.1, 0.15) is 0 Å². The SMILES string of the molecule is CC(C)(C)c1ccc2c(c1)C(C)(C)c1cccc(-c3ccccc3N(c3ccc(-c4ccc5ccccc5c4)cc3)c3cccc(-c4ccc5ccccc5c4)c3)c1-2. The number of benzene rings is 9. The van der Waals surface area contributed by atoms with E-state index in [-0.39, 0.29) is 10.8 Å². The van der Waals surface area contributed by atoms with Gasteiger partial charge in [-0.1, -0.05) is 186 Å². The summed E-state index contributed by atoms with van der Waals surface area (Å²) in [7, 11) is 0.